The molecule has 1 aliphatic rings. The number of halogens is 1. The van der Waals surface area contributed by atoms with E-state index >= 15 is 0 Å². The zero-order chi connectivity index (χ0) is 13.4. The molecule has 0 spiro atoms. The molecule has 1 aliphatic carbocycles. The second-order valence-corrected chi connectivity index (χ2v) is 5.52. The minimum Gasteiger partial charge on any atom is -0.508 e. The molecule has 0 radical (unpaired) electrons. The molecule has 3 rings (SSSR count). The zero-order valence-corrected chi connectivity index (χ0v) is 11.5. The van der Waals surface area contributed by atoms with E-state index in [1.54, 1.807) is 6.07 Å². The van der Waals surface area contributed by atoms with Gasteiger partial charge in [0, 0.05) is 10.7 Å². The molecule has 2 nitrogen and oxygen atoms in total. The van der Waals surface area contributed by atoms with Gasteiger partial charge in [0.1, 0.15) is 5.75 Å². The van der Waals surface area contributed by atoms with E-state index in [9.17, 15) is 5.11 Å². The van der Waals surface area contributed by atoms with E-state index in [0.717, 1.165) is 29.1 Å². The molecule has 2 aromatic rings. The highest BCUT2D eigenvalue weighted by Gasteiger charge is 2.22. The summed E-state index contributed by atoms with van der Waals surface area (Å²) in [7, 11) is 0. The lowest BCUT2D eigenvalue weighted by atomic mass is 10.1. The third-order valence-electron chi connectivity index (χ3n) is 3.72. The number of aromatic hydroxyl groups is 1. The highest BCUT2D eigenvalue weighted by molar-refractivity contribution is 6.30. The second-order valence-electron chi connectivity index (χ2n) is 5.08. The number of phenolic OH excluding ortho intramolecular Hbond substituents is 1. The molecule has 0 heterocycles. The Kier molecular flexibility index (Phi) is 3.11. The number of aryl methyl sites for hydroxylation is 2. The Labute approximate surface area is 118 Å². The van der Waals surface area contributed by atoms with E-state index in [1.807, 2.05) is 25.1 Å². The van der Waals surface area contributed by atoms with E-state index in [2.05, 4.69) is 17.4 Å². The summed E-state index contributed by atoms with van der Waals surface area (Å²) in [5.74, 6) is 0.337. The summed E-state index contributed by atoms with van der Waals surface area (Å²) in [6.07, 6.45) is 2.14. The third kappa shape index (κ3) is 2.41. The fourth-order valence-corrected chi connectivity index (χ4v) is 2.88. The quantitative estimate of drug-likeness (QED) is 0.792. The van der Waals surface area contributed by atoms with Crippen molar-refractivity contribution in [3.8, 4) is 5.75 Å². The molecular formula is C16H16ClNO. The van der Waals surface area contributed by atoms with Crippen LogP contribution in [0.5, 0.6) is 5.75 Å². The van der Waals surface area contributed by atoms with Gasteiger partial charge in [-0.3, -0.25) is 0 Å². The van der Waals surface area contributed by atoms with Crippen LogP contribution in [0, 0.1) is 6.92 Å². The lowest BCUT2D eigenvalue weighted by Crippen LogP contribution is -2.07. The van der Waals surface area contributed by atoms with Gasteiger partial charge in [0.05, 0.1) is 6.04 Å². The molecule has 0 fully saturated rings. The summed E-state index contributed by atoms with van der Waals surface area (Å²) >= 11 is 6.02. The van der Waals surface area contributed by atoms with Gasteiger partial charge in [-0.2, -0.15) is 0 Å². The molecule has 1 unspecified atom stereocenters. The summed E-state index contributed by atoms with van der Waals surface area (Å²) in [4.78, 5) is 0. The molecule has 0 bridgehead atoms. The Hall–Kier alpha value is -1.67. The number of hydrogen-bond acceptors (Lipinski definition) is 2. The van der Waals surface area contributed by atoms with Crippen molar-refractivity contribution in [2.45, 2.75) is 25.8 Å². The largest absolute Gasteiger partial charge is 0.508 e. The maximum Gasteiger partial charge on any atom is 0.118 e. The maximum absolute atomic E-state index is 9.55. The van der Waals surface area contributed by atoms with Crippen LogP contribution in [0.4, 0.5) is 5.69 Å². The lowest BCUT2D eigenvalue weighted by Gasteiger charge is -2.16. The fraction of sp³-hybridized carbons (Fsp3) is 0.250. The van der Waals surface area contributed by atoms with Crippen molar-refractivity contribution in [1.29, 1.82) is 0 Å². The van der Waals surface area contributed by atoms with Crippen molar-refractivity contribution in [3.63, 3.8) is 0 Å². The van der Waals surface area contributed by atoms with Crippen molar-refractivity contribution >= 4 is 17.3 Å². The molecular weight excluding hydrogens is 258 g/mol. The van der Waals surface area contributed by atoms with Gasteiger partial charge in [-0.15, -0.1) is 0 Å². The van der Waals surface area contributed by atoms with Crippen molar-refractivity contribution in [2.24, 2.45) is 0 Å². The number of nitrogens with one attached hydrogen (secondary N) is 1. The predicted octanol–water partition coefficient (Wildman–Crippen LogP) is 4.45. The molecule has 3 heteroatoms. The summed E-state index contributed by atoms with van der Waals surface area (Å²) in [6.45, 7) is 1.91. The minimum atomic E-state index is 0.330. The number of rotatable bonds is 2. The molecule has 2 N–H and O–H groups in total. The van der Waals surface area contributed by atoms with E-state index in [0.29, 0.717) is 11.8 Å². The van der Waals surface area contributed by atoms with E-state index in [1.165, 1.54) is 11.1 Å². The van der Waals surface area contributed by atoms with Gasteiger partial charge in [0.25, 0.3) is 0 Å². The Balaban J connectivity index is 1.84. The zero-order valence-electron chi connectivity index (χ0n) is 10.8. The van der Waals surface area contributed by atoms with E-state index < -0.39 is 0 Å². The summed E-state index contributed by atoms with van der Waals surface area (Å²) < 4.78 is 0. The smallest absolute Gasteiger partial charge is 0.118 e. The molecule has 98 valence electrons. The molecule has 0 aromatic heterocycles. The van der Waals surface area contributed by atoms with Crippen molar-refractivity contribution in [1.82, 2.24) is 0 Å². The highest BCUT2D eigenvalue weighted by Crippen LogP contribution is 2.35. The van der Waals surface area contributed by atoms with Crippen molar-refractivity contribution in [2.75, 3.05) is 5.32 Å². The second kappa shape index (κ2) is 4.78. The average Bonchev–Trinajstić information content (AvgIpc) is 2.76. The Bertz CT molecular complexity index is 624. The number of anilines is 1. The molecule has 0 amide bonds. The summed E-state index contributed by atoms with van der Waals surface area (Å²) in [5, 5.41) is 13.9. The topological polar surface area (TPSA) is 32.3 Å². The Morgan fingerprint density at radius 2 is 2.05 bits per heavy atom. The van der Waals surface area contributed by atoms with Gasteiger partial charge in [-0.1, -0.05) is 17.7 Å². The SMILES string of the molecule is Cc1cc(NC2CCc3cc(Cl)ccc32)ccc1O. The van der Waals surface area contributed by atoms with E-state index in [-0.39, 0.29) is 0 Å². The fourth-order valence-electron chi connectivity index (χ4n) is 2.68. The van der Waals surface area contributed by atoms with Crippen LogP contribution in [0.25, 0.3) is 0 Å². The molecule has 0 saturated carbocycles. The predicted molar refractivity (Wildman–Crippen MR) is 79.0 cm³/mol. The van der Waals surface area contributed by atoms with Gasteiger partial charge in [0.15, 0.2) is 0 Å². The first kappa shape index (κ1) is 12.4. The van der Waals surface area contributed by atoms with Crippen LogP contribution in [0.2, 0.25) is 5.02 Å². The number of phenols is 1. The van der Waals surface area contributed by atoms with Gasteiger partial charge in [0.2, 0.25) is 0 Å². The normalized spacial score (nSPS) is 17.3. The van der Waals surface area contributed by atoms with Crippen LogP contribution < -0.4 is 5.32 Å². The van der Waals surface area contributed by atoms with Crippen molar-refractivity contribution < 1.29 is 5.11 Å². The first-order valence-corrected chi connectivity index (χ1v) is 6.86. The molecule has 0 aliphatic heterocycles. The summed E-state index contributed by atoms with van der Waals surface area (Å²) in [6, 6.07) is 12.1. The number of hydrogen-bond donors (Lipinski definition) is 2. The molecule has 2 aromatic carbocycles. The standard InChI is InChI=1S/C16H16ClNO/c1-10-8-13(4-7-16(10)19)18-15-6-2-11-9-12(17)3-5-14(11)15/h3-5,7-9,15,18-19H,2,6H2,1H3. The monoisotopic (exact) mass is 273 g/mol. The lowest BCUT2D eigenvalue weighted by molar-refractivity contribution is 0.471. The van der Waals surface area contributed by atoms with Crippen LogP contribution in [0.15, 0.2) is 36.4 Å². The maximum atomic E-state index is 9.55. The van der Waals surface area contributed by atoms with Gasteiger partial charge < -0.3 is 10.4 Å². The summed E-state index contributed by atoms with van der Waals surface area (Å²) in [5.41, 5.74) is 4.60. The molecule has 0 saturated heterocycles. The van der Waals surface area contributed by atoms with Gasteiger partial charge in [-0.25, -0.2) is 0 Å². The third-order valence-corrected chi connectivity index (χ3v) is 3.96. The molecule has 19 heavy (non-hydrogen) atoms. The Morgan fingerprint density at radius 1 is 1.21 bits per heavy atom. The van der Waals surface area contributed by atoms with Crippen LogP contribution >= 0.6 is 11.6 Å². The average molecular weight is 274 g/mol. The van der Waals surface area contributed by atoms with E-state index in [4.69, 9.17) is 11.6 Å². The molecule has 1 atom stereocenters. The van der Waals surface area contributed by atoms with Gasteiger partial charge in [-0.05, 0) is 66.8 Å². The number of fused-ring (bicyclic) bond motifs is 1. The Morgan fingerprint density at radius 3 is 2.84 bits per heavy atom. The van der Waals surface area contributed by atoms with Crippen molar-refractivity contribution in [3.05, 3.63) is 58.1 Å². The van der Waals surface area contributed by atoms with Gasteiger partial charge >= 0.3 is 0 Å². The highest BCUT2D eigenvalue weighted by atomic mass is 35.5. The van der Waals surface area contributed by atoms with Crippen LogP contribution in [-0.4, -0.2) is 5.11 Å². The first-order chi connectivity index (χ1) is 9.13. The number of benzene rings is 2. The van der Waals surface area contributed by atoms with Crippen LogP contribution in [0.3, 0.4) is 0 Å². The van der Waals surface area contributed by atoms with Crippen LogP contribution in [0.1, 0.15) is 29.2 Å². The van der Waals surface area contributed by atoms with Crippen LogP contribution in [-0.2, 0) is 6.42 Å². The minimum absolute atomic E-state index is 0.330. The first-order valence-electron chi connectivity index (χ1n) is 6.48.